The van der Waals surface area contributed by atoms with Crippen LogP contribution in [0.2, 0.25) is 0 Å². The average Bonchev–Trinajstić information content (AvgIpc) is 2.75. The highest BCUT2D eigenvalue weighted by Gasteiger charge is 2.38. The normalized spacial score (nSPS) is 12.4. The van der Waals surface area contributed by atoms with Gasteiger partial charge in [-0.25, -0.2) is 4.79 Å². The number of amides is 3. The number of carbonyl (C=O) groups excluding carboxylic acids is 3. The molecule has 8 nitrogen and oxygen atoms in total. The van der Waals surface area contributed by atoms with E-state index in [-0.39, 0.29) is 24.7 Å². The summed E-state index contributed by atoms with van der Waals surface area (Å²) >= 11 is 0. The van der Waals surface area contributed by atoms with E-state index in [0.717, 1.165) is 5.56 Å². The number of aryl methyl sites for hydroxylation is 1. The average molecular weight is 484 g/mol. The molecule has 0 saturated carbocycles. The van der Waals surface area contributed by atoms with Crippen molar-refractivity contribution < 1.29 is 24.2 Å². The van der Waals surface area contributed by atoms with Crippen molar-refractivity contribution in [2.24, 2.45) is 0 Å². The van der Waals surface area contributed by atoms with Crippen LogP contribution in [-0.2, 0) is 20.9 Å². The van der Waals surface area contributed by atoms with Gasteiger partial charge in [0.2, 0.25) is 11.8 Å². The van der Waals surface area contributed by atoms with Crippen LogP contribution in [-0.4, -0.2) is 45.6 Å². The fourth-order valence-corrected chi connectivity index (χ4v) is 3.60. The molecule has 0 aromatic heterocycles. The summed E-state index contributed by atoms with van der Waals surface area (Å²) in [6.07, 6.45) is -0.717. The van der Waals surface area contributed by atoms with Gasteiger partial charge >= 0.3 is 6.09 Å². The van der Waals surface area contributed by atoms with Crippen molar-refractivity contribution in [1.82, 2.24) is 15.5 Å². The first-order chi connectivity index (χ1) is 16.2. The van der Waals surface area contributed by atoms with Crippen molar-refractivity contribution in [3.63, 3.8) is 0 Å². The molecule has 0 spiro atoms. The van der Waals surface area contributed by atoms with Crippen LogP contribution in [0.3, 0.4) is 0 Å². The van der Waals surface area contributed by atoms with Crippen LogP contribution in [0.4, 0.5) is 4.79 Å². The standard InChI is InChI=1S/C27H37N3O5/c1-18-15-20(13-14-21(18)31)23(24(33)28-16-19-11-9-8-10-12-19)30(26(2,3)4)22(32)17-29-25(34)35-27(5,6)7/h8-15,23,31H,16-17H2,1-7H3,(H,28,33)(H,29,34). The summed E-state index contributed by atoms with van der Waals surface area (Å²) in [7, 11) is 0. The van der Waals surface area contributed by atoms with Crippen LogP contribution in [0.1, 0.15) is 64.3 Å². The first kappa shape index (κ1) is 27.7. The topological polar surface area (TPSA) is 108 Å². The molecular weight excluding hydrogens is 446 g/mol. The minimum atomic E-state index is -0.994. The molecule has 0 saturated heterocycles. The summed E-state index contributed by atoms with van der Waals surface area (Å²) in [5.41, 5.74) is 0.567. The smallest absolute Gasteiger partial charge is 0.408 e. The van der Waals surface area contributed by atoms with E-state index in [1.165, 1.54) is 11.0 Å². The van der Waals surface area contributed by atoms with E-state index in [2.05, 4.69) is 10.6 Å². The van der Waals surface area contributed by atoms with Gasteiger partial charge in [0.25, 0.3) is 0 Å². The Bertz CT molecular complexity index is 1040. The second-order valence-corrected chi connectivity index (χ2v) is 10.4. The van der Waals surface area contributed by atoms with Crippen LogP contribution in [0.25, 0.3) is 0 Å². The van der Waals surface area contributed by atoms with E-state index < -0.39 is 29.2 Å². The molecule has 8 heteroatoms. The van der Waals surface area contributed by atoms with E-state index in [9.17, 15) is 19.5 Å². The van der Waals surface area contributed by atoms with E-state index in [0.29, 0.717) is 11.1 Å². The van der Waals surface area contributed by atoms with E-state index >= 15 is 0 Å². The molecule has 3 amide bonds. The third-order valence-corrected chi connectivity index (χ3v) is 5.13. The number of hydrogen-bond donors (Lipinski definition) is 3. The second-order valence-electron chi connectivity index (χ2n) is 10.4. The van der Waals surface area contributed by atoms with Crippen molar-refractivity contribution in [2.75, 3.05) is 6.54 Å². The number of alkyl carbamates (subject to hydrolysis) is 1. The number of phenolic OH excluding ortho intramolecular Hbond substituents is 1. The minimum Gasteiger partial charge on any atom is -0.508 e. The van der Waals surface area contributed by atoms with Gasteiger partial charge in [0.1, 0.15) is 23.9 Å². The molecule has 1 atom stereocenters. The Labute approximate surface area is 207 Å². The van der Waals surface area contributed by atoms with Gasteiger partial charge in [0.05, 0.1) is 0 Å². The van der Waals surface area contributed by atoms with Gasteiger partial charge in [0.15, 0.2) is 0 Å². The lowest BCUT2D eigenvalue weighted by molar-refractivity contribution is -0.146. The van der Waals surface area contributed by atoms with Crippen molar-refractivity contribution >= 4 is 17.9 Å². The number of benzene rings is 2. The van der Waals surface area contributed by atoms with Crippen LogP contribution >= 0.6 is 0 Å². The molecular formula is C27H37N3O5. The SMILES string of the molecule is Cc1cc(C(C(=O)NCc2ccccc2)N(C(=O)CNC(=O)OC(C)(C)C)C(C)(C)C)ccc1O. The number of aromatic hydroxyl groups is 1. The maximum absolute atomic E-state index is 13.6. The zero-order chi connectivity index (χ0) is 26.4. The maximum atomic E-state index is 13.6. The van der Waals surface area contributed by atoms with Crippen molar-refractivity contribution in [2.45, 2.75) is 72.2 Å². The summed E-state index contributed by atoms with van der Waals surface area (Å²) in [6.45, 7) is 12.3. The van der Waals surface area contributed by atoms with Gasteiger partial charge < -0.3 is 25.4 Å². The molecule has 3 N–H and O–H groups in total. The molecule has 0 aliphatic heterocycles. The lowest BCUT2D eigenvalue weighted by Gasteiger charge is -2.41. The minimum absolute atomic E-state index is 0.0948. The summed E-state index contributed by atoms with van der Waals surface area (Å²) < 4.78 is 5.23. The third-order valence-electron chi connectivity index (χ3n) is 5.13. The molecule has 2 aromatic carbocycles. The van der Waals surface area contributed by atoms with Crippen LogP contribution in [0, 0.1) is 6.92 Å². The van der Waals surface area contributed by atoms with Crippen molar-refractivity contribution in [3.8, 4) is 5.75 Å². The Morgan fingerprint density at radius 1 is 0.971 bits per heavy atom. The molecule has 0 aliphatic rings. The Kier molecular flexibility index (Phi) is 8.90. The molecule has 1 unspecified atom stereocenters. The Hall–Kier alpha value is -3.55. The lowest BCUT2D eigenvalue weighted by Crippen LogP contribution is -2.55. The van der Waals surface area contributed by atoms with Gasteiger partial charge in [-0.1, -0.05) is 36.4 Å². The summed E-state index contributed by atoms with van der Waals surface area (Å²) in [5.74, 6) is -0.731. The van der Waals surface area contributed by atoms with Crippen LogP contribution < -0.4 is 10.6 Å². The number of phenols is 1. The van der Waals surface area contributed by atoms with Crippen molar-refractivity contribution in [3.05, 3.63) is 65.2 Å². The number of hydrogen-bond acceptors (Lipinski definition) is 5. The van der Waals surface area contributed by atoms with Gasteiger partial charge in [0, 0.05) is 12.1 Å². The molecule has 2 aromatic rings. The monoisotopic (exact) mass is 483 g/mol. The molecule has 0 aliphatic carbocycles. The highest BCUT2D eigenvalue weighted by Crippen LogP contribution is 2.31. The molecule has 0 heterocycles. The third kappa shape index (κ3) is 8.31. The molecule has 0 radical (unpaired) electrons. The van der Waals surface area contributed by atoms with Crippen LogP contribution in [0.15, 0.2) is 48.5 Å². The van der Waals surface area contributed by atoms with Gasteiger partial charge in [-0.15, -0.1) is 0 Å². The van der Waals surface area contributed by atoms with Gasteiger partial charge in [-0.2, -0.15) is 0 Å². The largest absolute Gasteiger partial charge is 0.508 e. The van der Waals surface area contributed by atoms with E-state index in [1.54, 1.807) is 39.8 Å². The fourth-order valence-electron chi connectivity index (χ4n) is 3.60. The van der Waals surface area contributed by atoms with E-state index in [1.807, 2.05) is 51.1 Å². The van der Waals surface area contributed by atoms with Gasteiger partial charge in [-0.3, -0.25) is 9.59 Å². The van der Waals surface area contributed by atoms with Crippen molar-refractivity contribution in [1.29, 1.82) is 0 Å². The zero-order valence-corrected chi connectivity index (χ0v) is 21.6. The molecule has 2 rings (SSSR count). The maximum Gasteiger partial charge on any atom is 0.408 e. The number of nitrogens with one attached hydrogen (secondary N) is 2. The molecule has 190 valence electrons. The Morgan fingerprint density at radius 3 is 2.14 bits per heavy atom. The molecule has 0 fully saturated rings. The predicted octanol–water partition coefficient (Wildman–Crippen LogP) is 4.21. The Morgan fingerprint density at radius 2 is 1.60 bits per heavy atom. The zero-order valence-electron chi connectivity index (χ0n) is 21.6. The highest BCUT2D eigenvalue weighted by molar-refractivity contribution is 5.91. The molecule has 0 bridgehead atoms. The number of carbonyl (C=O) groups is 3. The van der Waals surface area contributed by atoms with Gasteiger partial charge in [-0.05, 0) is 77.3 Å². The number of rotatable bonds is 7. The highest BCUT2D eigenvalue weighted by atomic mass is 16.6. The first-order valence-corrected chi connectivity index (χ1v) is 11.6. The quantitative estimate of drug-likeness (QED) is 0.547. The van der Waals surface area contributed by atoms with E-state index in [4.69, 9.17) is 4.74 Å². The summed E-state index contributed by atoms with van der Waals surface area (Å²) in [6, 6.07) is 13.3. The Balaban J connectivity index is 2.37. The summed E-state index contributed by atoms with van der Waals surface area (Å²) in [4.78, 5) is 40.6. The molecule has 35 heavy (non-hydrogen) atoms. The van der Waals surface area contributed by atoms with Crippen LogP contribution in [0.5, 0.6) is 5.75 Å². The lowest BCUT2D eigenvalue weighted by atomic mass is 9.95. The number of nitrogens with zero attached hydrogens (tertiary/aromatic N) is 1. The summed E-state index contributed by atoms with van der Waals surface area (Å²) in [5, 5.41) is 15.4. The fraction of sp³-hybridized carbons (Fsp3) is 0.444. The number of ether oxygens (including phenoxy) is 1. The predicted molar refractivity (Wildman–Crippen MR) is 135 cm³/mol. The first-order valence-electron chi connectivity index (χ1n) is 11.6. The second kappa shape index (κ2) is 11.3.